The van der Waals surface area contributed by atoms with E-state index in [4.69, 9.17) is 8.83 Å². The first kappa shape index (κ1) is 19.0. The fourth-order valence-electron chi connectivity index (χ4n) is 3.35. The van der Waals surface area contributed by atoms with E-state index in [0.29, 0.717) is 0 Å². The summed E-state index contributed by atoms with van der Waals surface area (Å²) in [6.45, 7) is 0.150. The topological polar surface area (TPSA) is 35.5 Å². The third-order valence-corrected chi connectivity index (χ3v) is 12.9. The van der Waals surface area contributed by atoms with Gasteiger partial charge in [0.2, 0.25) is 0 Å². The predicted octanol–water partition coefficient (Wildman–Crippen LogP) is 4.55. The van der Waals surface area contributed by atoms with Crippen LogP contribution in [0.4, 0.5) is 0 Å². The first-order valence-corrected chi connectivity index (χ1v) is 13.0. The monoisotopic (exact) mass is 386 g/mol. The predicted molar refractivity (Wildman–Crippen MR) is 113 cm³/mol. The average Bonchev–Trinajstić information content (AvgIpc) is 2.70. The molecule has 0 saturated carbocycles. The number of hydrogen-bond donors (Lipinski definition) is 0. The van der Waals surface area contributed by atoms with Crippen molar-refractivity contribution in [2.24, 2.45) is 0 Å². The van der Waals surface area contributed by atoms with Gasteiger partial charge in [0.05, 0.1) is 0 Å². The van der Waals surface area contributed by atoms with Gasteiger partial charge >= 0.3 is 155 Å². The Morgan fingerprint density at radius 3 is 1.27 bits per heavy atom. The van der Waals surface area contributed by atoms with Crippen LogP contribution in [0.1, 0.15) is 0 Å². The second kappa shape index (κ2) is 7.10. The third-order valence-electron chi connectivity index (χ3n) is 4.82. The Balaban J connectivity index is 2.45. The molecular weight excluding hydrogens is 362 g/mol. The molecule has 0 saturated heterocycles. The van der Waals surface area contributed by atoms with Crippen LogP contribution < -0.4 is 15.9 Å². The molecule has 0 aliphatic heterocycles. The molecule has 1 unspecified atom stereocenters. The van der Waals surface area contributed by atoms with Gasteiger partial charge in [-0.05, 0) is 0 Å². The number of benzene rings is 3. The van der Waals surface area contributed by atoms with Crippen molar-refractivity contribution in [2.45, 2.75) is 0 Å². The van der Waals surface area contributed by atoms with Crippen molar-refractivity contribution in [1.29, 1.82) is 0 Å². The first-order chi connectivity index (χ1) is 12.4. The van der Waals surface area contributed by atoms with E-state index in [1.165, 1.54) is 13.8 Å². The van der Waals surface area contributed by atoms with Gasteiger partial charge in [-0.15, -0.1) is 0 Å². The van der Waals surface area contributed by atoms with Gasteiger partial charge in [0.1, 0.15) is 0 Å². The molecule has 0 N–H and O–H groups in total. The molecule has 0 spiro atoms. The van der Waals surface area contributed by atoms with Crippen molar-refractivity contribution in [2.75, 3.05) is 20.4 Å². The average molecular weight is 386 g/mol. The van der Waals surface area contributed by atoms with Crippen molar-refractivity contribution in [3.63, 3.8) is 0 Å². The Bertz CT molecular complexity index is 812. The molecule has 26 heavy (non-hydrogen) atoms. The van der Waals surface area contributed by atoms with E-state index < -0.39 is 14.4 Å². The first-order valence-electron chi connectivity index (χ1n) is 8.44. The molecule has 0 aliphatic carbocycles. The fraction of sp³-hybridized carbons (Fsp3) is 0.143. The van der Waals surface area contributed by atoms with Crippen LogP contribution in [-0.4, -0.2) is 20.4 Å². The Labute approximate surface area is 155 Å². The van der Waals surface area contributed by atoms with Gasteiger partial charge in [-0.25, -0.2) is 0 Å². The van der Waals surface area contributed by atoms with E-state index in [1.54, 1.807) is 0 Å². The van der Waals surface area contributed by atoms with Gasteiger partial charge in [-0.2, -0.15) is 0 Å². The van der Waals surface area contributed by atoms with Crippen LogP contribution in [0, 0.1) is 0 Å². The summed E-state index contributed by atoms with van der Waals surface area (Å²) in [5.41, 5.74) is 0. The molecule has 0 radical (unpaired) electrons. The van der Waals surface area contributed by atoms with Crippen molar-refractivity contribution in [3.05, 3.63) is 91.0 Å². The molecule has 3 nitrogen and oxygen atoms in total. The number of hydrogen-bond acceptors (Lipinski definition) is 3. The Morgan fingerprint density at radius 1 is 0.692 bits per heavy atom. The maximum absolute atomic E-state index is 13.1. The van der Waals surface area contributed by atoms with Crippen LogP contribution in [0.25, 0.3) is 0 Å². The molecule has 3 aromatic rings. The molecule has 1 atom stereocenters. The summed E-state index contributed by atoms with van der Waals surface area (Å²) in [5, 5.41) is 3.03. The molecule has 0 aliphatic rings. The summed E-state index contributed by atoms with van der Waals surface area (Å²) < 4.78 is 25.0. The Hall–Kier alpha value is -1.76. The van der Waals surface area contributed by atoms with Crippen molar-refractivity contribution in [3.8, 4) is 0 Å². The summed E-state index contributed by atoms with van der Waals surface area (Å²) in [5.74, 6) is 0. The van der Waals surface area contributed by atoms with E-state index in [0.717, 1.165) is 15.9 Å². The molecule has 136 valence electrons. The Kier molecular flexibility index (Phi) is 5.19. The zero-order valence-electron chi connectivity index (χ0n) is 15.3. The standard InChI is InChI=1S/C21H24O3P2/c1-23-25(2,22)24-26(3,19-13-7-4-8-14-19,20-15-9-5-10-16-20)21-17-11-6-12-18-21/h4-18H,1-3H3. The van der Waals surface area contributed by atoms with Crippen molar-refractivity contribution < 1.29 is 13.4 Å². The minimum atomic E-state index is -3.48. The molecule has 0 heterocycles. The molecule has 5 heteroatoms. The second-order valence-corrected chi connectivity index (χ2v) is 13.5. The zero-order chi connectivity index (χ0) is 18.7. The van der Waals surface area contributed by atoms with Crippen LogP contribution in [0.3, 0.4) is 0 Å². The van der Waals surface area contributed by atoms with E-state index in [-0.39, 0.29) is 0 Å². The van der Waals surface area contributed by atoms with Gasteiger partial charge in [0.15, 0.2) is 0 Å². The molecule has 0 aromatic heterocycles. The van der Waals surface area contributed by atoms with Gasteiger partial charge < -0.3 is 0 Å². The van der Waals surface area contributed by atoms with Crippen molar-refractivity contribution in [1.82, 2.24) is 0 Å². The van der Waals surface area contributed by atoms with E-state index >= 15 is 0 Å². The van der Waals surface area contributed by atoms with Crippen LogP contribution in [-0.2, 0) is 13.4 Å². The minimum absolute atomic E-state index is 1.01. The van der Waals surface area contributed by atoms with Gasteiger partial charge in [0, 0.05) is 0 Å². The SMILES string of the molecule is COP(C)(=O)OP(C)(c1ccccc1)(c1ccccc1)c1ccccc1. The Morgan fingerprint density at radius 2 is 1.00 bits per heavy atom. The van der Waals surface area contributed by atoms with Crippen LogP contribution in [0.15, 0.2) is 91.0 Å². The molecule has 0 bridgehead atoms. The van der Waals surface area contributed by atoms with E-state index in [2.05, 4.69) is 6.66 Å². The summed E-state index contributed by atoms with van der Waals surface area (Å²) >= 11 is 0. The summed E-state index contributed by atoms with van der Waals surface area (Å²) in [7, 11) is -1.87. The molecular formula is C21H24O3P2. The van der Waals surface area contributed by atoms with Gasteiger partial charge in [-0.3, -0.25) is 0 Å². The zero-order valence-corrected chi connectivity index (χ0v) is 17.1. The van der Waals surface area contributed by atoms with Crippen LogP contribution in [0.2, 0.25) is 0 Å². The van der Waals surface area contributed by atoms with Crippen LogP contribution >= 0.6 is 14.4 Å². The number of rotatable bonds is 6. The maximum atomic E-state index is 13.1. The van der Waals surface area contributed by atoms with E-state index in [9.17, 15) is 4.57 Å². The van der Waals surface area contributed by atoms with Crippen molar-refractivity contribution >= 4 is 30.3 Å². The van der Waals surface area contributed by atoms with Gasteiger partial charge in [0.25, 0.3) is 0 Å². The molecule has 3 aromatic carbocycles. The third kappa shape index (κ3) is 3.17. The summed E-state index contributed by atoms with van der Waals surface area (Å²) in [6, 6.07) is 30.2. The second-order valence-electron chi connectivity index (χ2n) is 6.50. The summed E-state index contributed by atoms with van der Waals surface area (Å²) in [4.78, 5) is 0. The normalized spacial score (nSPS) is 15.6. The van der Waals surface area contributed by atoms with Gasteiger partial charge in [-0.1, -0.05) is 0 Å². The quantitative estimate of drug-likeness (QED) is 0.583. The van der Waals surface area contributed by atoms with Crippen LogP contribution in [0.5, 0.6) is 0 Å². The van der Waals surface area contributed by atoms with E-state index in [1.807, 2.05) is 91.0 Å². The fourth-order valence-corrected chi connectivity index (χ4v) is 11.3. The summed E-state index contributed by atoms with van der Waals surface area (Å²) in [6.07, 6.45) is 0. The molecule has 3 rings (SSSR count). The molecule has 0 amide bonds. The molecule has 0 fully saturated rings.